The number of benzene rings is 1. The molecule has 4 nitrogen and oxygen atoms in total. The Kier molecular flexibility index (Phi) is 4.73. The number of alkyl halides is 3. The Balaban J connectivity index is 1.50. The van der Waals surface area contributed by atoms with Crippen LogP contribution in [0, 0.1) is 11.6 Å². The SMILES string of the molecule is O=C(C1=NCC2=C1CNC2)N1CCC(c2ccc(F)c(F)c2C(F)(F)F)CC1. The van der Waals surface area contributed by atoms with Gasteiger partial charge in [0.25, 0.3) is 5.91 Å². The third kappa shape index (κ3) is 3.21. The van der Waals surface area contributed by atoms with E-state index in [0.29, 0.717) is 25.3 Å². The predicted octanol–water partition coefficient (Wildman–Crippen LogP) is 3.04. The second kappa shape index (κ2) is 6.95. The molecule has 0 bridgehead atoms. The lowest BCUT2D eigenvalue weighted by molar-refractivity contribution is -0.141. The lowest BCUT2D eigenvalue weighted by Gasteiger charge is -2.33. The molecule has 1 N–H and O–H groups in total. The molecule has 1 aromatic carbocycles. The van der Waals surface area contributed by atoms with Crippen molar-refractivity contribution in [2.45, 2.75) is 24.9 Å². The van der Waals surface area contributed by atoms with Gasteiger partial charge in [-0.1, -0.05) is 6.07 Å². The molecule has 150 valence electrons. The van der Waals surface area contributed by atoms with Gasteiger partial charge in [-0.25, -0.2) is 8.78 Å². The molecule has 4 rings (SSSR count). The highest BCUT2D eigenvalue weighted by Gasteiger charge is 2.41. The number of amides is 1. The van der Waals surface area contributed by atoms with Gasteiger partial charge in [0.2, 0.25) is 0 Å². The maximum Gasteiger partial charge on any atom is 0.419 e. The second-order valence-electron chi connectivity index (χ2n) is 7.24. The fourth-order valence-electron chi connectivity index (χ4n) is 4.18. The quantitative estimate of drug-likeness (QED) is 0.777. The van der Waals surface area contributed by atoms with Crippen LogP contribution in [-0.4, -0.2) is 49.2 Å². The van der Waals surface area contributed by atoms with Gasteiger partial charge in [0, 0.05) is 26.2 Å². The maximum atomic E-state index is 13.9. The summed E-state index contributed by atoms with van der Waals surface area (Å²) in [6.07, 6.45) is -4.49. The van der Waals surface area contributed by atoms with Gasteiger partial charge in [0.1, 0.15) is 5.71 Å². The molecule has 0 unspecified atom stereocenters. The Bertz CT molecular complexity index is 882. The number of hydrogen-bond acceptors (Lipinski definition) is 3. The monoisotopic (exact) mass is 399 g/mol. The molecular weight excluding hydrogens is 381 g/mol. The number of aliphatic imine (C=N–C) groups is 1. The van der Waals surface area contributed by atoms with E-state index in [9.17, 15) is 26.7 Å². The molecule has 3 aliphatic heterocycles. The number of nitrogens with one attached hydrogen (secondary N) is 1. The zero-order valence-electron chi connectivity index (χ0n) is 14.9. The molecule has 3 aliphatic rings. The first-order chi connectivity index (χ1) is 13.3. The first-order valence-electron chi connectivity index (χ1n) is 9.08. The number of hydrogen-bond donors (Lipinski definition) is 1. The van der Waals surface area contributed by atoms with Crippen molar-refractivity contribution >= 4 is 11.6 Å². The van der Waals surface area contributed by atoms with Crippen molar-refractivity contribution in [1.82, 2.24) is 10.2 Å². The number of nitrogens with zero attached hydrogens (tertiary/aromatic N) is 2. The van der Waals surface area contributed by atoms with E-state index in [1.54, 1.807) is 4.90 Å². The minimum Gasteiger partial charge on any atom is -0.337 e. The Morgan fingerprint density at radius 1 is 1.14 bits per heavy atom. The predicted molar refractivity (Wildman–Crippen MR) is 92.1 cm³/mol. The summed E-state index contributed by atoms with van der Waals surface area (Å²) < 4.78 is 67.1. The van der Waals surface area contributed by atoms with Gasteiger partial charge < -0.3 is 10.2 Å². The topological polar surface area (TPSA) is 44.7 Å². The number of halogens is 5. The lowest BCUT2D eigenvalue weighted by Crippen LogP contribution is -2.42. The summed E-state index contributed by atoms with van der Waals surface area (Å²) in [7, 11) is 0. The summed E-state index contributed by atoms with van der Waals surface area (Å²) in [4.78, 5) is 18.6. The molecule has 0 radical (unpaired) electrons. The average Bonchev–Trinajstić information content (AvgIpc) is 3.26. The Morgan fingerprint density at radius 2 is 1.86 bits per heavy atom. The van der Waals surface area contributed by atoms with E-state index < -0.39 is 29.3 Å². The first kappa shape index (κ1) is 19.0. The van der Waals surface area contributed by atoms with Gasteiger partial charge in [0.05, 0.1) is 12.1 Å². The highest BCUT2D eigenvalue weighted by molar-refractivity contribution is 6.46. The van der Waals surface area contributed by atoms with E-state index in [1.165, 1.54) is 0 Å². The van der Waals surface area contributed by atoms with E-state index in [0.717, 1.165) is 23.3 Å². The van der Waals surface area contributed by atoms with E-state index in [-0.39, 0.29) is 37.4 Å². The van der Waals surface area contributed by atoms with Crippen LogP contribution >= 0.6 is 0 Å². The first-order valence-corrected chi connectivity index (χ1v) is 9.08. The van der Waals surface area contributed by atoms with Gasteiger partial charge >= 0.3 is 6.18 Å². The van der Waals surface area contributed by atoms with Gasteiger partial charge in [-0.3, -0.25) is 9.79 Å². The molecule has 0 atom stereocenters. The summed E-state index contributed by atoms with van der Waals surface area (Å²) in [5.41, 5.74) is 0.676. The van der Waals surface area contributed by atoms with Gasteiger partial charge in [0.15, 0.2) is 11.6 Å². The van der Waals surface area contributed by atoms with E-state index in [2.05, 4.69) is 10.3 Å². The van der Waals surface area contributed by atoms with Crippen LogP contribution in [0.4, 0.5) is 22.0 Å². The molecular formula is C19H18F5N3O. The fraction of sp³-hybridized carbons (Fsp3) is 0.474. The molecule has 1 amide bonds. The molecule has 0 aliphatic carbocycles. The summed E-state index contributed by atoms with van der Waals surface area (Å²) in [6, 6.07) is 1.73. The van der Waals surface area contributed by atoms with Crippen molar-refractivity contribution in [2.24, 2.45) is 4.99 Å². The largest absolute Gasteiger partial charge is 0.419 e. The molecule has 1 saturated heterocycles. The summed E-state index contributed by atoms with van der Waals surface area (Å²) in [6.45, 7) is 2.31. The van der Waals surface area contributed by atoms with E-state index in [1.807, 2.05) is 0 Å². The maximum absolute atomic E-state index is 13.9. The van der Waals surface area contributed by atoms with Crippen LogP contribution in [0.2, 0.25) is 0 Å². The minimum atomic E-state index is -4.98. The summed E-state index contributed by atoms with van der Waals surface area (Å²) in [5, 5.41) is 3.17. The van der Waals surface area contributed by atoms with E-state index in [4.69, 9.17) is 0 Å². The number of rotatable bonds is 2. The molecule has 1 aromatic rings. The molecule has 9 heteroatoms. The van der Waals surface area contributed by atoms with Crippen LogP contribution in [0.15, 0.2) is 28.3 Å². The number of carbonyl (C=O) groups is 1. The highest BCUT2D eigenvalue weighted by Crippen LogP contribution is 2.41. The third-order valence-electron chi connectivity index (χ3n) is 5.62. The van der Waals surface area contributed by atoms with E-state index >= 15 is 0 Å². The second-order valence-corrected chi connectivity index (χ2v) is 7.24. The smallest absolute Gasteiger partial charge is 0.337 e. The van der Waals surface area contributed by atoms with Crippen molar-refractivity contribution in [3.8, 4) is 0 Å². The van der Waals surface area contributed by atoms with Gasteiger partial charge in [-0.05, 0) is 41.5 Å². The van der Waals surface area contributed by atoms with Crippen molar-refractivity contribution < 1.29 is 26.7 Å². The fourth-order valence-corrected chi connectivity index (χ4v) is 4.18. The van der Waals surface area contributed by atoms with Crippen LogP contribution < -0.4 is 5.32 Å². The molecule has 28 heavy (non-hydrogen) atoms. The van der Waals surface area contributed by atoms with Crippen molar-refractivity contribution in [1.29, 1.82) is 0 Å². The van der Waals surface area contributed by atoms with Gasteiger partial charge in [-0.15, -0.1) is 0 Å². The number of carbonyl (C=O) groups excluding carboxylic acids is 1. The van der Waals surface area contributed by atoms with Crippen molar-refractivity contribution in [3.63, 3.8) is 0 Å². The highest BCUT2D eigenvalue weighted by atomic mass is 19.4. The van der Waals surface area contributed by atoms with Crippen LogP contribution in [0.1, 0.15) is 29.9 Å². The Labute approximate surface area is 158 Å². The van der Waals surface area contributed by atoms with Crippen molar-refractivity contribution in [2.75, 3.05) is 32.7 Å². The van der Waals surface area contributed by atoms with Gasteiger partial charge in [-0.2, -0.15) is 13.2 Å². The number of piperidine rings is 1. The van der Waals surface area contributed by atoms with Crippen molar-refractivity contribution in [3.05, 3.63) is 46.0 Å². The van der Waals surface area contributed by atoms with Crippen LogP contribution in [0.5, 0.6) is 0 Å². The Hall–Kier alpha value is -2.29. The zero-order valence-corrected chi connectivity index (χ0v) is 14.9. The average molecular weight is 399 g/mol. The Morgan fingerprint density at radius 3 is 2.54 bits per heavy atom. The lowest BCUT2D eigenvalue weighted by atomic mass is 9.85. The minimum absolute atomic E-state index is 0.214. The third-order valence-corrected chi connectivity index (χ3v) is 5.62. The standard InChI is InChI=1S/C19H18F5N3O/c20-14-2-1-12(15(16(14)21)19(22,23)24)10-3-5-27(6-4-10)18(28)17-13-9-25-7-11(13)8-26-17/h1-2,10,25H,3-9H2. The normalized spacial score (nSPS) is 20.6. The van der Waals surface area contributed by atoms with Crippen LogP contribution in [0.25, 0.3) is 0 Å². The van der Waals surface area contributed by atoms with Crippen LogP contribution in [-0.2, 0) is 11.0 Å². The molecule has 0 aromatic heterocycles. The molecule has 0 saturated carbocycles. The molecule has 0 spiro atoms. The molecule has 3 heterocycles. The van der Waals surface area contributed by atoms with Crippen LogP contribution in [0.3, 0.4) is 0 Å². The molecule has 1 fully saturated rings. The zero-order chi connectivity index (χ0) is 20.1. The number of likely N-dealkylation sites (tertiary alicyclic amines) is 1. The summed E-state index contributed by atoms with van der Waals surface area (Å²) in [5.74, 6) is -4.19. The summed E-state index contributed by atoms with van der Waals surface area (Å²) >= 11 is 0.